The minimum atomic E-state index is -0.0281. The van der Waals surface area contributed by atoms with E-state index in [1.165, 1.54) is 6.33 Å². The van der Waals surface area contributed by atoms with E-state index in [9.17, 15) is 4.79 Å². The summed E-state index contributed by atoms with van der Waals surface area (Å²) in [5, 5.41) is 3.01. The minimum Gasteiger partial charge on any atom is -0.380 e. The first-order valence-electron chi connectivity index (χ1n) is 7.97. The van der Waals surface area contributed by atoms with Gasteiger partial charge in [0.25, 0.3) is 0 Å². The Bertz CT molecular complexity index is 674. The average molecular weight is 330 g/mol. The first kappa shape index (κ1) is 16.4. The van der Waals surface area contributed by atoms with E-state index in [1.54, 1.807) is 25.7 Å². The van der Waals surface area contributed by atoms with Crippen molar-refractivity contribution < 1.29 is 9.53 Å². The summed E-state index contributed by atoms with van der Waals surface area (Å²) in [4.78, 5) is 26.7. The van der Waals surface area contributed by atoms with E-state index in [0.29, 0.717) is 6.54 Å². The molecular formula is C16H22N6O2. The van der Waals surface area contributed by atoms with Gasteiger partial charge in [0, 0.05) is 38.8 Å². The molecule has 1 saturated heterocycles. The zero-order valence-corrected chi connectivity index (χ0v) is 13.9. The van der Waals surface area contributed by atoms with Crippen molar-refractivity contribution in [3.8, 4) is 0 Å². The fourth-order valence-corrected chi connectivity index (χ4v) is 2.99. The number of carbonyl (C=O) groups is 1. The lowest BCUT2D eigenvalue weighted by Crippen LogP contribution is -2.41. The summed E-state index contributed by atoms with van der Waals surface area (Å²) in [7, 11) is 1.71. The van der Waals surface area contributed by atoms with Gasteiger partial charge in [0.15, 0.2) is 0 Å². The van der Waals surface area contributed by atoms with Gasteiger partial charge in [-0.2, -0.15) is 0 Å². The minimum absolute atomic E-state index is 0.0281. The van der Waals surface area contributed by atoms with E-state index in [0.717, 1.165) is 24.6 Å². The number of methoxy groups -OCH3 is 1. The molecule has 128 valence electrons. The number of nitrogens with one attached hydrogen (secondary N) is 1. The highest BCUT2D eigenvalue weighted by Crippen LogP contribution is 2.24. The summed E-state index contributed by atoms with van der Waals surface area (Å²) in [6.07, 6.45) is 7.74. The van der Waals surface area contributed by atoms with Crippen LogP contribution in [0.4, 0.5) is 5.82 Å². The van der Waals surface area contributed by atoms with Crippen LogP contribution in [-0.4, -0.2) is 57.8 Å². The molecule has 1 fully saturated rings. The van der Waals surface area contributed by atoms with Crippen LogP contribution in [-0.2, 0) is 16.1 Å². The molecule has 8 heteroatoms. The van der Waals surface area contributed by atoms with Crippen LogP contribution < -0.4 is 10.2 Å². The zero-order valence-electron chi connectivity index (χ0n) is 13.9. The van der Waals surface area contributed by atoms with Crippen LogP contribution in [0.15, 0.2) is 31.0 Å². The van der Waals surface area contributed by atoms with Crippen molar-refractivity contribution in [1.29, 1.82) is 0 Å². The van der Waals surface area contributed by atoms with Gasteiger partial charge >= 0.3 is 0 Å². The summed E-state index contributed by atoms with van der Waals surface area (Å²) >= 11 is 0. The Kier molecular flexibility index (Phi) is 5.05. The predicted octanol–water partition coefficient (Wildman–Crippen LogP) is 0.392. The summed E-state index contributed by atoms with van der Waals surface area (Å²) in [6, 6.07) is 2.03. The number of nitrogens with zero attached hydrogens (tertiary/aromatic N) is 5. The highest BCUT2D eigenvalue weighted by Gasteiger charge is 2.33. The third-order valence-electron chi connectivity index (χ3n) is 4.34. The fraction of sp³-hybridized carbons (Fsp3) is 0.500. The van der Waals surface area contributed by atoms with E-state index in [1.807, 2.05) is 17.6 Å². The van der Waals surface area contributed by atoms with Crippen LogP contribution in [0.5, 0.6) is 0 Å². The molecule has 0 saturated carbocycles. The number of hydrogen-bond acceptors (Lipinski definition) is 6. The maximum absolute atomic E-state index is 12.2. The Balaban J connectivity index is 1.60. The topological polar surface area (TPSA) is 85.2 Å². The second kappa shape index (κ2) is 7.39. The van der Waals surface area contributed by atoms with Gasteiger partial charge in [-0.1, -0.05) is 0 Å². The van der Waals surface area contributed by atoms with E-state index >= 15 is 0 Å². The summed E-state index contributed by atoms with van der Waals surface area (Å²) in [5.74, 6) is 1.65. The molecule has 0 radical (unpaired) electrons. The second-order valence-corrected chi connectivity index (χ2v) is 5.87. The monoisotopic (exact) mass is 330 g/mol. The van der Waals surface area contributed by atoms with E-state index in [4.69, 9.17) is 4.74 Å². The first-order chi connectivity index (χ1) is 11.7. The van der Waals surface area contributed by atoms with Gasteiger partial charge in [-0.05, 0) is 19.4 Å². The third kappa shape index (κ3) is 3.70. The van der Waals surface area contributed by atoms with Gasteiger partial charge in [0.1, 0.15) is 24.5 Å². The van der Waals surface area contributed by atoms with Crippen molar-refractivity contribution in [3.63, 3.8) is 0 Å². The zero-order chi connectivity index (χ0) is 16.9. The number of aryl methyl sites for hydroxylation is 1. The van der Waals surface area contributed by atoms with E-state index in [-0.39, 0.29) is 24.6 Å². The van der Waals surface area contributed by atoms with Crippen LogP contribution in [0, 0.1) is 6.92 Å². The molecule has 3 rings (SSSR count). The number of ether oxygens (including phenoxy) is 1. The van der Waals surface area contributed by atoms with Gasteiger partial charge in [-0.15, -0.1) is 0 Å². The predicted molar refractivity (Wildman–Crippen MR) is 88.6 cm³/mol. The maximum atomic E-state index is 12.2. The number of aromatic nitrogens is 4. The molecule has 2 aromatic rings. The number of amides is 1. The maximum Gasteiger partial charge on any atom is 0.240 e. The smallest absolute Gasteiger partial charge is 0.240 e. The lowest BCUT2D eigenvalue weighted by atomic mass is 10.2. The Hall–Kier alpha value is -2.48. The summed E-state index contributed by atoms with van der Waals surface area (Å²) in [5.41, 5.74) is 0. The SMILES string of the molecule is CO[C@@H]1C[C@H](CNC(=O)Cn2ccnc2C)N(c2ccncn2)C1. The van der Waals surface area contributed by atoms with Crippen molar-refractivity contribution >= 4 is 11.7 Å². The first-order valence-corrected chi connectivity index (χ1v) is 7.97. The molecule has 2 aromatic heterocycles. The molecule has 1 amide bonds. The van der Waals surface area contributed by atoms with E-state index in [2.05, 4.69) is 25.2 Å². The van der Waals surface area contributed by atoms with Gasteiger partial charge in [0.05, 0.1) is 12.1 Å². The Labute approximate surface area is 140 Å². The molecule has 0 aliphatic carbocycles. The Morgan fingerprint density at radius 1 is 1.42 bits per heavy atom. The molecule has 24 heavy (non-hydrogen) atoms. The third-order valence-corrected chi connectivity index (χ3v) is 4.34. The summed E-state index contributed by atoms with van der Waals surface area (Å²) < 4.78 is 7.31. The lowest BCUT2D eigenvalue weighted by Gasteiger charge is -2.25. The van der Waals surface area contributed by atoms with Crippen LogP contribution in [0.1, 0.15) is 12.2 Å². The molecule has 0 bridgehead atoms. The second-order valence-electron chi connectivity index (χ2n) is 5.87. The molecule has 1 aliphatic heterocycles. The molecule has 3 heterocycles. The van der Waals surface area contributed by atoms with Gasteiger partial charge in [0.2, 0.25) is 5.91 Å². The van der Waals surface area contributed by atoms with Crippen molar-refractivity contribution in [2.75, 3.05) is 25.1 Å². The lowest BCUT2D eigenvalue weighted by molar-refractivity contribution is -0.121. The Morgan fingerprint density at radius 2 is 2.29 bits per heavy atom. The quantitative estimate of drug-likeness (QED) is 0.825. The van der Waals surface area contributed by atoms with Crippen molar-refractivity contribution in [3.05, 3.63) is 36.8 Å². The van der Waals surface area contributed by atoms with Crippen molar-refractivity contribution in [1.82, 2.24) is 24.8 Å². The fourth-order valence-electron chi connectivity index (χ4n) is 2.99. The summed E-state index contributed by atoms with van der Waals surface area (Å²) in [6.45, 7) is 3.47. The molecule has 0 aromatic carbocycles. The number of imidazole rings is 1. The largest absolute Gasteiger partial charge is 0.380 e. The highest BCUT2D eigenvalue weighted by atomic mass is 16.5. The molecular weight excluding hydrogens is 308 g/mol. The Morgan fingerprint density at radius 3 is 2.96 bits per heavy atom. The van der Waals surface area contributed by atoms with E-state index < -0.39 is 0 Å². The molecule has 0 spiro atoms. The molecule has 1 aliphatic rings. The van der Waals surface area contributed by atoms with Gasteiger partial charge in [-0.3, -0.25) is 4.79 Å². The number of hydrogen-bond donors (Lipinski definition) is 1. The van der Waals surface area contributed by atoms with Crippen LogP contribution >= 0.6 is 0 Å². The van der Waals surface area contributed by atoms with Crippen LogP contribution in [0.3, 0.4) is 0 Å². The number of rotatable bonds is 6. The van der Waals surface area contributed by atoms with Gasteiger partial charge < -0.3 is 19.5 Å². The molecule has 8 nitrogen and oxygen atoms in total. The standard InChI is InChI=1S/C16H22N6O2/c1-12-18-5-6-21(12)10-16(23)19-8-13-7-14(24-2)9-22(13)15-3-4-17-11-20-15/h3-6,11,13-14H,7-10H2,1-2H3,(H,19,23)/t13-,14-/m1/s1. The highest BCUT2D eigenvalue weighted by molar-refractivity contribution is 5.75. The normalized spacial score (nSPS) is 20.3. The van der Waals surface area contributed by atoms with Crippen molar-refractivity contribution in [2.45, 2.75) is 32.0 Å². The van der Waals surface area contributed by atoms with Gasteiger partial charge in [-0.25, -0.2) is 15.0 Å². The number of anilines is 1. The molecule has 0 unspecified atom stereocenters. The molecule has 2 atom stereocenters. The van der Waals surface area contributed by atoms with Crippen molar-refractivity contribution in [2.24, 2.45) is 0 Å². The average Bonchev–Trinajstić information content (AvgIpc) is 3.20. The van der Waals surface area contributed by atoms with Crippen LogP contribution in [0.25, 0.3) is 0 Å². The number of carbonyl (C=O) groups excluding carboxylic acids is 1. The molecule has 1 N–H and O–H groups in total. The van der Waals surface area contributed by atoms with Crippen LogP contribution in [0.2, 0.25) is 0 Å².